The molecular formula is C13H22N2O3. The van der Waals surface area contributed by atoms with Gasteiger partial charge in [-0.2, -0.15) is 0 Å². The van der Waals surface area contributed by atoms with E-state index in [1.54, 1.807) is 4.90 Å². The monoisotopic (exact) mass is 254 g/mol. The second-order valence-electron chi connectivity index (χ2n) is 5.49. The van der Waals surface area contributed by atoms with Crippen molar-refractivity contribution in [3.63, 3.8) is 0 Å². The lowest BCUT2D eigenvalue weighted by molar-refractivity contribution is -0.137. The fourth-order valence-electron chi connectivity index (χ4n) is 2.52. The Morgan fingerprint density at radius 2 is 2.06 bits per heavy atom. The second kappa shape index (κ2) is 5.16. The number of carboxylic acids is 1. The van der Waals surface area contributed by atoms with E-state index in [1.165, 1.54) is 6.42 Å². The highest BCUT2D eigenvalue weighted by Gasteiger charge is 2.40. The van der Waals surface area contributed by atoms with E-state index in [0.717, 1.165) is 32.1 Å². The van der Waals surface area contributed by atoms with Crippen LogP contribution in [0.3, 0.4) is 0 Å². The summed E-state index contributed by atoms with van der Waals surface area (Å²) in [5, 5.41) is 11.8. The lowest BCUT2D eigenvalue weighted by atomic mass is 9.75. The third-order valence-corrected chi connectivity index (χ3v) is 4.17. The summed E-state index contributed by atoms with van der Waals surface area (Å²) in [6.45, 7) is 2.42. The molecular weight excluding hydrogens is 232 g/mol. The van der Waals surface area contributed by atoms with E-state index >= 15 is 0 Å². The molecule has 0 aliphatic heterocycles. The van der Waals surface area contributed by atoms with Crippen molar-refractivity contribution in [1.29, 1.82) is 0 Å². The summed E-state index contributed by atoms with van der Waals surface area (Å²) in [6, 6.07) is 0.193. The van der Waals surface area contributed by atoms with E-state index in [-0.39, 0.29) is 24.0 Å². The maximum atomic E-state index is 12.2. The van der Waals surface area contributed by atoms with Crippen molar-refractivity contribution >= 4 is 12.0 Å². The number of amides is 2. The van der Waals surface area contributed by atoms with E-state index in [2.05, 4.69) is 12.2 Å². The van der Waals surface area contributed by atoms with Gasteiger partial charge in [0.25, 0.3) is 0 Å². The molecule has 2 aliphatic rings. The fraction of sp³-hybridized carbons (Fsp3) is 0.846. The molecule has 2 aliphatic carbocycles. The summed E-state index contributed by atoms with van der Waals surface area (Å²) in [5.41, 5.74) is -0.0204. The van der Waals surface area contributed by atoms with Gasteiger partial charge in [-0.05, 0) is 38.5 Å². The summed E-state index contributed by atoms with van der Waals surface area (Å²) in [7, 11) is 0. The number of carbonyl (C=O) groups excluding carboxylic acids is 1. The molecule has 102 valence electrons. The summed E-state index contributed by atoms with van der Waals surface area (Å²) in [6.07, 6.45) is 6.27. The first-order chi connectivity index (χ1) is 8.56. The molecule has 18 heavy (non-hydrogen) atoms. The van der Waals surface area contributed by atoms with Crippen LogP contribution in [0.1, 0.15) is 51.9 Å². The molecule has 0 bridgehead atoms. The maximum Gasteiger partial charge on any atom is 0.318 e. The molecule has 5 nitrogen and oxygen atoms in total. The van der Waals surface area contributed by atoms with Gasteiger partial charge in [0, 0.05) is 18.1 Å². The van der Waals surface area contributed by atoms with E-state index in [9.17, 15) is 9.59 Å². The highest BCUT2D eigenvalue weighted by Crippen LogP contribution is 2.35. The van der Waals surface area contributed by atoms with E-state index in [0.29, 0.717) is 6.54 Å². The predicted octanol–water partition coefficient (Wildman–Crippen LogP) is 1.97. The fourth-order valence-corrected chi connectivity index (χ4v) is 2.52. The molecule has 2 saturated carbocycles. The molecule has 0 aromatic heterocycles. The van der Waals surface area contributed by atoms with Crippen molar-refractivity contribution in [3.05, 3.63) is 0 Å². The van der Waals surface area contributed by atoms with Crippen LogP contribution in [0, 0.1) is 0 Å². The minimum Gasteiger partial charge on any atom is -0.481 e. The van der Waals surface area contributed by atoms with Gasteiger partial charge in [0.2, 0.25) is 0 Å². The van der Waals surface area contributed by atoms with Gasteiger partial charge in [-0.1, -0.05) is 6.92 Å². The van der Waals surface area contributed by atoms with Crippen LogP contribution in [-0.4, -0.2) is 40.1 Å². The number of nitrogens with zero attached hydrogens (tertiary/aromatic N) is 1. The molecule has 0 atom stereocenters. The predicted molar refractivity (Wildman–Crippen MR) is 67.4 cm³/mol. The number of carboxylic acid groups (broad SMARTS) is 1. The number of carbonyl (C=O) groups is 2. The molecule has 0 heterocycles. The van der Waals surface area contributed by atoms with E-state index in [1.807, 2.05) is 0 Å². The summed E-state index contributed by atoms with van der Waals surface area (Å²) >= 11 is 0. The van der Waals surface area contributed by atoms with E-state index < -0.39 is 5.97 Å². The van der Waals surface area contributed by atoms with Crippen molar-refractivity contribution < 1.29 is 14.7 Å². The van der Waals surface area contributed by atoms with Crippen molar-refractivity contribution in [3.8, 4) is 0 Å². The average molecular weight is 254 g/mol. The van der Waals surface area contributed by atoms with E-state index in [4.69, 9.17) is 5.11 Å². The highest BCUT2D eigenvalue weighted by molar-refractivity contribution is 5.77. The number of aliphatic carboxylic acids is 1. The molecule has 0 aromatic rings. The molecule has 0 unspecified atom stereocenters. The molecule has 0 saturated heterocycles. The van der Waals surface area contributed by atoms with Crippen LogP contribution in [0.5, 0.6) is 0 Å². The molecule has 5 heteroatoms. The first kappa shape index (κ1) is 13.2. The zero-order chi connectivity index (χ0) is 13.2. The third kappa shape index (κ3) is 2.94. The van der Waals surface area contributed by atoms with Crippen molar-refractivity contribution in [1.82, 2.24) is 10.2 Å². The Bertz CT molecular complexity index is 330. The Labute approximate surface area is 108 Å². The Balaban J connectivity index is 1.89. The summed E-state index contributed by atoms with van der Waals surface area (Å²) < 4.78 is 0. The quantitative estimate of drug-likeness (QED) is 0.761. The van der Waals surface area contributed by atoms with Crippen LogP contribution in [0.2, 0.25) is 0 Å². The van der Waals surface area contributed by atoms with Gasteiger partial charge < -0.3 is 15.3 Å². The van der Waals surface area contributed by atoms with Gasteiger partial charge in [-0.25, -0.2) is 4.79 Å². The van der Waals surface area contributed by atoms with Crippen LogP contribution in [0.25, 0.3) is 0 Å². The van der Waals surface area contributed by atoms with Crippen molar-refractivity contribution in [2.24, 2.45) is 0 Å². The van der Waals surface area contributed by atoms with Gasteiger partial charge >= 0.3 is 12.0 Å². The van der Waals surface area contributed by atoms with Gasteiger partial charge in [0.1, 0.15) is 0 Å². The number of nitrogens with one attached hydrogen (secondary N) is 1. The first-order valence-corrected chi connectivity index (χ1v) is 6.87. The smallest absolute Gasteiger partial charge is 0.318 e. The summed E-state index contributed by atoms with van der Waals surface area (Å²) in [4.78, 5) is 24.6. The Hall–Kier alpha value is -1.26. The minimum absolute atomic E-state index is 0.0204. The SMILES string of the molecule is CCC1(NC(=O)N(CCC(=O)O)C2CC2)CCC1. The van der Waals surface area contributed by atoms with Crippen LogP contribution in [-0.2, 0) is 4.79 Å². The lowest BCUT2D eigenvalue weighted by Crippen LogP contribution is -2.57. The molecule has 0 radical (unpaired) electrons. The molecule has 0 spiro atoms. The molecule has 2 N–H and O–H groups in total. The van der Waals surface area contributed by atoms with Gasteiger partial charge in [0.05, 0.1) is 6.42 Å². The van der Waals surface area contributed by atoms with Gasteiger partial charge in [-0.3, -0.25) is 4.79 Å². The Kier molecular flexibility index (Phi) is 3.78. The zero-order valence-electron chi connectivity index (χ0n) is 10.9. The topological polar surface area (TPSA) is 69.6 Å². The van der Waals surface area contributed by atoms with Crippen LogP contribution < -0.4 is 5.32 Å². The van der Waals surface area contributed by atoms with Crippen LogP contribution in [0.4, 0.5) is 4.79 Å². The number of rotatable bonds is 6. The highest BCUT2D eigenvalue weighted by atomic mass is 16.4. The Morgan fingerprint density at radius 3 is 2.44 bits per heavy atom. The molecule has 2 amide bonds. The summed E-state index contributed by atoms with van der Waals surface area (Å²) in [5.74, 6) is -0.845. The Morgan fingerprint density at radius 1 is 1.39 bits per heavy atom. The normalized spacial score (nSPS) is 20.9. The van der Waals surface area contributed by atoms with Crippen LogP contribution in [0.15, 0.2) is 0 Å². The first-order valence-electron chi connectivity index (χ1n) is 6.87. The number of urea groups is 1. The van der Waals surface area contributed by atoms with Crippen LogP contribution >= 0.6 is 0 Å². The average Bonchev–Trinajstić information content (AvgIpc) is 3.07. The molecule has 0 aromatic carbocycles. The third-order valence-electron chi connectivity index (χ3n) is 4.17. The molecule has 2 rings (SSSR count). The standard InChI is InChI=1S/C13H22N2O3/c1-2-13(7-3-8-13)14-12(18)15(10-4-5-10)9-6-11(16)17/h10H,2-9H2,1H3,(H,14,18)(H,16,17). The van der Waals surface area contributed by atoms with Gasteiger partial charge in [0.15, 0.2) is 0 Å². The second-order valence-corrected chi connectivity index (χ2v) is 5.49. The molecule has 2 fully saturated rings. The van der Waals surface area contributed by atoms with Gasteiger partial charge in [-0.15, -0.1) is 0 Å². The van der Waals surface area contributed by atoms with Crippen molar-refractivity contribution in [2.45, 2.75) is 63.5 Å². The maximum absolute atomic E-state index is 12.2. The zero-order valence-corrected chi connectivity index (χ0v) is 10.9. The van der Waals surface area contributed by atoms with Crippen molar-refractivity contribution in [2.75, 3.05) is 6.54 Å². The largest absolute Gasteiger partial charge is 0.481 e. The number of hydrogen-bond acceptors (Lipinski definition) is 2. The lowest BCUT2D eigenvalue weighted by Gasteiger charge is -2.43. The minimum atomic E-state index is -0.845. The number of hydrogen-bond donors (Lipinski definition) is 2.